The fourth-order valence-corrected chi connectivity index (χ4v) is 2.34. The SMILES string of the molecule is CC(C)(NC(=O)c1cccn1C1CCC1)C(C)(C)C(=O)O. The fourth-order valence-electron chi connectivity index (χ4n) is 2.34. The van der Waals surface area contributed by atoms with Crippen molar-refractivity contribution < 1.29 is 14.7 Å². The zero-order valence-corrected chi connectivity index (χ0v) is 13.1. The number of hydrogen-bond donors (Lipinski definition) is 2. The van der Waals surface area contributed by atoms with E-state index in [9.17, 15) is 14.7 Å². The Kier molecular flexibility index (Phi) is 3.87. The maximum absolute atomic E-state index is 12.5. The van der Waals surface area contributed by atoms with Crippen molar-refractivity contribution in [1.82, 2.24) is 9.88 Å². The third kappa shape index (κ3) is 2.69. The molecule has 1 fully saturated rings. The van der Waals surface area contributed by atoms with Crippen LogP contribution < -0.4 is 5.32 Å². The largest absolute Gasteiger partial charge is 0.481 e. The molecular formula is C16H24N2O3. The lowest BCUT2D eigenvalue weighted by molar-refractivity contribution is -0.150. The molecule has 21 heavy (non-hydrogen) atoms. The maximum atomic E-state index is 12.5. The Balaban J connectivity index is 2.18. The van der Waals surface area contributed by atoms with Gasteiger partial charge < -0.3 is 15.0 Å². The number of carbonyl (C=O) groups excluding carboxylic acids is 1. The van der Waals surface area contributed by atoms with Crippen LogP contribution in [0.2, 0.25) is 0 Å². The number of nitrogens with zero attached hydrogens (tertiary/aromatic N) is 1. The molecule has 1 saturated carbocycles. The highest BCUT2D eigenvalue weighted by Crippen LogP contribution is 2.34. The summed E-state index contributed by atoms with van der Waals surface area (Å²) in [5.74, 6) is -1.14. The summed E-state index contributed by atoms with van der Waals surface area (Å²) < 4.78 is 2.00. The molecule has 116 valence electrons. The average Bonchev–Trinajstić information content (AvgIpc) is 2.74. The Morgan fingerprint density at radius 2 is 1.90 bits per heavy atom. The lowest BCUT2D eigenvalue weighted by atomic mass is 9.74. The van der Waals surface area contributed by atoms with E-state index >= 15 is 0 Å². The molecule has 0 atom stereocenters. The number of rotatable bonds is 5. The van der Waals surface area contributed by atoms with Crippen LogP contribution in [0.4, 0.5) is 0 Å². The number of aliphatic carboxylic acids is 1. The van der Waals surface area contributed by atoms with Crippen LogP contribution in [0.3, 0.4) is 0 Å². The molecule has 5 heteroatoms. The highest BCUT2D eigenvalue weighted by molar-refractivity contribution is 5.94. The summed E-state index contributed by atoms with van der Waals surface area (Å²) in [5.41, 5.74) is -1.31. The second-order valence-corrected chi connectivity index (χ2v) is 6.89. The Hall–Kier alpha value is -1.78. The van der Waals surface area contributed by atoms with E-state index in [1.165, 1.54) is 6.42 Å². The van der Waals surface area contributed by atoms with Crippen molar-refractivity contribution in [3.63, 3.8) is 0 Å². The number of carboxylic acid groups (broad SMARTS) is 1. The Labute approximate surface area is 125 Å². The summed E-state index contributed by atoms with van der Waals surface area (Å²) >= 11 is 0. The summed E-state index contributed by atoms with van der Waals surface area (Å²) in [6.45, 7) is 6.74. The third-order valence-corrected chi connectivity index (χ3v) is 5.00. The van der Waals surface area contributed by atoms with Crippen molar-refractivity contribution in [2.45, 2.75) is 58.5 Å². The Morgan fingerprint density at radius 1 is 1.29 bits per heavy atom. The lowest BCUT2D eigenvalue weighted by Gasteiger charge is -2.39. The number of amides is 1. The van der Waals surface area contributed by atoms with Gasteiger partial charge in [-0.25, -0.2) is 0 Å². The average molecular weight is 292 g/mol. The maximum Gasteiger partial charge on any atom is 0.311 e. The topological polar surface area (TPSA) is 71.3 Å². The van der Waals surface area contributed by atoms with Gasteiger partial charge in [0.25, 0.3) is 5.91 Å². The molecule has 0 radical (unpaired) electrons. The minimum atomic E-state index is -1.06. The first kappa shape index (κ1) is 15.6. The van der Waals surface area contributed by atoms with E-state index in [0.29, 0.717) is 11.7 Å². The predicted octanol–water partition coefficient (Wildman–Crippen LogP) is 2.83. The van der Waals surface area contributed by atoms with Crippen molar-refractivity contribution >= 4 is 11.9 Å². The molecule has 0 aliphatic heterocycles. The van der Waals surface area contributed by atoms with Gasteiger partial charge in [-0.3, -0.25) is 9.59 Å². The third-order valence-electron chi connectivity index (χ3n) is 5.00. The number of carboxylic acids is 1. The molecule has 1 amide bonds. The minimum absolute atomic E-state index is 0.216. The molecule has 0 bridgehead atoms. The predicted molar refractivity (Wildman–Crippen MR) is 80.3 cm³/mol. The van der Waals surface area contributed by atoms with Crippen LogP contribution >= 0.6 is 0 Å². The molecule has 2 N–H and O–H groups in total. The first-order valence-corrected chi connectivity index (χ1v) is 7.39. The van der Waals surface area contributed by atoms with Crippen LogP contribution in [-0.2, 0) is 4.79 Å². The number of nitrogens with one attached hydrogen (secondary N) is 1. The van der Waals surface area contributed by atoms with Crippen LogP contribution in [0.15, 0.2) is 18.3 Å². The molecule has 1 aromatic rings. The zero-order valence-electron chi connectivity index (χ0n) is 13.1. The molecule has 0 spiro atoms. The summed E-state index contributed by atoms with van der Waals surface area (Å²) in [4.78, 5) is 23.9. The van der Waals surface area contributed by atoms with Gasteiger partial charge in [0.15, 0.2) is 0 Å². The van der Waals surface area contributed by atoms with E-state index < -0.39 is 16.9 Å². The van der Waals surface area contributed by atoms with E-state index in [1.807, 2.05) is 16.8 Å². The smallest absolute Gasteiger partial charge is 0.311 e. The van der Waals surface area contributed by atoms with Crippen molar-refractivity contribution in [3.05, 3.63) is 24.0 Å². The van der Waals surface area contributed by atoms with Crippen molar-refractivity contribution in [1.29, 1.82) is 0 Å². The molecule has 1 aliphatic rings. The molecule has 1 aliphatic carbocycles. The Morgan fingerprint density at radius 3 is 2.38 bits per heavy atom. The second kappa shape index (κ2) is 5.20. The van der Waals surface area contributed by atoms with Gasteiger partial charge in [0.1, 0.15) is 5.69 Å². The molecule has 5 nitrogen and oxygen atoms in total. The molecule has 1 heterocycles. The fraction of sp³-hybridized carbons (Fsp3) is 0.625. The molecule has 2 rings (SSSR count). The number of carbonyl (C=O) groups is 2. The molecule has 0 unspecified atom stereocenters. The molecular weight excluding hydrogens is 268 g/mol. The van der Waals surface area contributed by atoms with Crippen molar-refractivity contribution in [2.24, 2.45) is 5.41 Å². The van der Waals surface area contributed by atoms with Gasteiger partial charge in [0.05, 0.1) is 11.0 Å². The van der Waals surface area contributed by atoms with E-state index in [2.05, 4.69) is 5.32 Å². The van der Waals surface area contributed by atoms with Crippen LogP contribution in [0.5, 0.6) is 0 Å². The van der Waals surface area contributed by atoms with E-state index in [-0.39, 0.29) is 5.91 Å². The van der Waals surface area contributed by atoms with Crippen LogP contribution in [0.25, 0.3) is 0 Å². The Bertz CT molecular complexity index is 554. The summed E-state index contributed by atoms with van der Waals surface area (Å²) in [7, 11) is 0. The molecule has 0 saturated heterocycles. The normalized spacial score (nSPS) is 16.4. The monoisotopic (exact) mass is 292 g/mol. The van der Waals surface area contributed by atoms with Gasteiger partial charge in [-0.1, -0.05) is 0 Å². The van der Waals surface area contributed by atoms with E-state index in [1.54, 1.807) is 33.8 Å². The first-order valence-electron chi connectivity index (χ1n) is 7.39. The number of hydrogen-bond acceptors (Lipinski definition) is 2. The van der Waals surface area contributed by atoms with Gasteiger partial charge in [-0.05, 0) is 59.1 Å². The summed E-state index contributed by atoms with van der Waals surface area (Å²) in [5, 5.41) is 12.2. The minimum Gasteiger partial charge on any atom is -0.481 e. The van der Waals surface area contributed by atoms with Crippen molar-refractivity contribution in [3.8, 4) is 0 Å². The van der Waals surface area contributed by atoms with Gasteiger partial charge in [0, 0.05) is 12.2 Å². The summed E-state index contributed by atoms with van der Waals surface area (Å²) in [6.07, 6.45) is 5.31. The van der Waals surface area contributed by atoms with E-state index in [4.69, 9.17) is 0 Å². The highest BCUT2D eigenvalue weighted by Gasteiger charge is 2.44. The first-order chi connectivity index (χ1) is 9.67. The van der Waals surface area contributed by atoms with Gasteiger partial charge in [0.2, 0.25) is 0 Å². The van der Waals surface area contributed by atoms with Crippen LogP contribution in [-0.4, -0.2) is 27.1 Å². The number of aromatic nitrogens is 1. The zero-order chi connectivity index (χ0) is 15.8. The standard InChI is InChI=1S/C16H24N2O3/c1-15(2,14(20)21)16(3,4)17-13(19)12-9-6-10-18(12)11-7-5-8-11/h6,9-11H,5,7-8H2,1-4H3,(H,17,19)(H,20,21). The molecule has 0 aromatic carbocycles. The quantitative estimate of drug-likeness (QED) is 0.876. The highest BCUT2D eigenvalue weighted by atomic mass is 16.4. The lowest BCUT2D eigenvalue weighted by Crippen LogP contribution is -2.57. The second-order valence-electron chi connectivity index (χ2n) is 6.89. The van der Waals surface area contributed by atoms with Gasteiger partial charge >= 0.3 is 5.97 Å². The molecule has 1 aromatic heterocycles. The van der Waals surface area contributed by atoms with Crippen LogP contribution in [0.1, 0.15) is 63.5 Å². The van der Waals surface area contributed by atoms with Crippen LogP contribution in [0, 0.1) is 5.41 Å². The van der Waals surface area contributed by atoms with Gasteiger partial charge in [-0.2, -0.15) is 0 Å². The van der Waals surface area contributed by atoms with Crippen molar-refractivity contribution in [2.75, 3.05) is 0 Å². The van der Waals surface area contributed by atoms with E-state index in [0.717, 1.165) is 12.8 Å². The van der Waals surface area contributed by atoms with Gasteiger partial charge in [-0.15, -0.1) is 0 Å². The summed E-state index contributed by atoms with van der Waals surface area (Å²) in [6, 6.07) is 4.05.